The van der Waals surface area contributed by atoms with E-state index in [9.17, 15) is 9.59 Å². The molecule has 0 aromatic heterocycles. The van der Waals surface area contributed by atoms with E-state index in [0.29, 0.717) is 0 Å². The molecular formula is C10H20N2O2. The van der Waals surface area contributed by atoms with Gasteiger partial charge in [0.15, 0.2) is 0 Å². The van der Waals surface area contributed by atoms with Crippen molar-refractivity contribution in [1.29, 1.82) is 0 Å². The molecule has 2 amide bonds. The molecule has 0 aromatic carbocycles. The summed E-state index contributed by atoms with van der Waals surface area (Å²) in [6, 6.07) is 0. The second kappa shape index (κ2) is 4.44. The summed E-state index contributed by atoms with van der Waals surface area (Å²) in [5, 5.41) is 2.71. The van der Waals surface area contributed by atoms with Gasteiger partial charge in [-0.1, -0.05) is 13.8 Å². The highest BCUT2D eigenvalue weighted by atomic mass is 16.2. The number of amides is 2. The van der Waals surface area contributed by atoms with Crippen LogP contribution < -0.4 is 5.32 Å². The number of likely N-dealkylation sites (N-methyl/N-ethyl adjacent to an activating group) is 1. The number of nitrogens with zero attached hydrogens (tertiary/aromatic N) is 1. The van der Waals surface area contributed by atoms with E-state index in [1.807, 2.05) is 27.7 Å². The van der Waals surface area contributed by atoms with Gasteiger partial charge in [-0.2, -0.15) is 0 Å². The van der Waals surface area contributed by atoms with Gasteiger partial charge in [-0.15, -0.1) is 0 Å². The van der Waals surface area contributed by atoms with Crippen molar-refractivity contribution >= 4 is 11.8 Å². The van der Waals surface area contributed by atoms with Crippen molar-refractivity contribution in [2.45, 2.75) is 33.2 Å². The van der Waals surface area contributed by atoms with Crippen LogP contribution in [0.1, 0.15) is 27.7 Å². The van der Waals surface area contributed by atoms with Gasteiger partial charge in [0, 0.05) is 19.6 Å². The minimum atomic E-state index is -0.548. The largest absolute Gasteiger partial charge is 0.343 e. The summed E-state index contributed by atoms with van der Waals surface area (Å²) in [6.45, 7) is 7.80. The molecule has 4 nitrogen and oxygen atoms in total. The highest BCUT2D eigenvalue weighted by molar-refractivity contribution is 6.35. The molecule has 82 valence electrons. The third kappa shape index (κ3) is 3.36. The van der Waals surface area contributed by atoms with Gasteiger partial charge in [0.1, 0.15) is 0 Å². The lowest BCUT2D eigenvalue weighted by Crippen LogP contribution is -2.52. The maximum Gasteiger partial charge on any atom is 0.311 e. The van der Waals surface area contributed by atoms with E-state index in [0.717, 1.165) is 0 Å². The number of carbonyl (C=O) groups is 2. The Morgan fingerprint density at radius 2 is 1.64 bits per heavy atom. The molecule has 0 heterocycles. The zero-order chi connectivity index (χ0) is 11.5. The van der Waals surface area contributed by atoms with Gasteiger partial charge in [0.05, 0.1) is 0 Å². The van der Waals surface area contributed by atoms with Crippen LogP contribution in [0.3, 0.4) is 0 Å². The van der Waals surface area contributed by atoms with Crippen molar-refractivity contribution in [2.75, 3.05) is 14.1 Å². The highest BCUT2D eigenvalue weighted by Crippen LogP contribution is 2.14. The van der Waals surface area contributed by atoms with Gasteiger partial charge in [0.25, 0.3) is 0 Å². The first kappa shape index (κ1) is 12.9. The Balaban J connectivity index is 4.40. The van der Waals surface area contributed by atoms with Crippen LogP contribution in [0.5, 0.6) is 0 Å². The molecule has 0 aliphatic heterocycles. The number of hydrogen-bond donors (Lipinski definition) is 1. The fraction of sp³-hybridized carbons (Fsp3) is 0.800. The van der Waals surface area contributed by atoms with Crippen LogP contribution in [0.15, 0.2) is 0 Å². The molecule has 0 atom stereocenters. The second-order valence-corrected chi connectivity index (χ2v) is 4.53. The summed E-state index contributed by atoms with van der Waals surface area (Å²) in [6.07, 6.45) is 0. The summed E-state index contributed by atoms with van der Waals surface area (Å²) in [5.74, 6) is -0.783. The van der Waals surface area contributed by atoms with Crippen molar-refractivity contribution in [2.24, 2.45) is 5.92 Å². The minimum Gasteiger partial charge on any atom is -0.343 e. The molecule has 0 saturated carbocycles. The van der Waals surface area contributed by atoms with Crippen LogP contribution in [0, 0.1) is 5.92 Å². The maximum absolute atomic E-state index is 11.4. The molecule has 0 unspecified atom stereocenters. The Kier molecular flexibility index (Phi) is 4.10. The van der Waals surface area contributed by atoms with Gasteiger partial charge >= 0.3 is 11.8 Å². The fourth-order valence-corrected chi connectivity index (χ4v) is 0.694. The lowest BCUT2D eigenvalue weighted by atomic mass is 9.91. The molecule has 0 saturated heterocycles. The fourth-order valence-electron chi connectivity index (χ4n) is 0.694. The zero-order valence-electron chi connectivity index (χ0n) is 9.84. The molecule has 4 heteroatoms. The van der Waals surface area contributed by atoms with E-state index in [1.54, 1.807) is 14.1 Å². The van der Waals surface area contributed by atoms with Gasteiger partial charge in [-0.3, -0.25) is 9.59 Å². The Hall–Kier alpha value is -1.06. The van der Waals surface area contributed by atoms with Crippen molar-refractivity contribution in [3.05, 3.63) is 0 Å². The number of rotatable bonds is 2. The van der Waals surface area contributed by atoms with E-state index >= 15 is 0 Å². The Morgan fingerprint density at radius 3 is 1.93 bits per heavy atom. The highest BCUT2D eigenvalue weighted by Gasteiger charge is 2.27. The summed E-state index contributed by atoms with van der Waals surface area (Å²) in [7, 11) is 3.12. The summed E-state index contributed by atoms with van der Waals surface area (Å²) < 4.78 is 0. The first-order chi connectivity index (χ1) is 6.18. The molecule has 0 aliphatic carbocycles. The first-order valence-electron chi connectivity index (χ1n) is 4.72. The van der Waals surface area contributed by atoms with Crippen LogP contribution >= 0.6 is 0 Å². The molecule has 0 bridgehead atoms. The summed E-state index contributed by atoms with van der Waals surface area (Å²) in [5.41, 5.74) is -0.358. The summed E-state index contributed by atoms with van der Waals surface area (Å²) >= 11 is 0. The quantitative estimate of drug-likeness (QED) is 0.664. The molecule has 0 radical (unpaired) electrons. The van der Waals surface area contributed by atoms with E-state index in [2.05, 4.69) is 5.32 Å². The summed E-state index contributed by atoms with van der Waals surface area (Å²) in [4.78, 5) is 23.9. The van der Waals surface area contributed by atoms with Crippen molar-refractivity contribution in [3.8, 4) is 0 Å². The molecular weight excluding hydrogens is 180 g/mol. The van der Waals surface area contributed by atoms with Crippen molar-refractivity contribution in [1.82, 2.24) is 10.2 Å². The molecule has 0 aromatic rings. The standard InChI is InChI=1S/C10H20N2O2/c1-7(2)10(3,4)11-8(13)9(14)12(5)6/h7H,1-6H3,(H,11,13). The average molecular weight is 200 g/mol. The van der Waals surface area contributed by atoms with E-state index in [1.165, 1.54) is 4.90 Å². The number of carbonyl (C=O) groups excluding carboxylic acids is 2. The molecule has 0 spiro atoms. The predicted octanol–water partition coefficient (Wildman–Crippen LogP) is 0.625. The van der Waals surface area contributed by atoms with Gasteiger partial charge in [-0.05, 0) is 19.8 Å². The van der Waals surface area contributed by atoms with Crippen molar-refractivity contribution in [3.63, 3.8) is 0 Å². The second-order valence-electron chi connectivity index (χ2n) is 4.53. The lowest BCUT2D eigenvalue weighted by Gasteiger charge is -2.30. The smallest absolute Gasteiger partial charge is 0.311 e. The molecule has 1 N–H and O–H groups in total. The first-order valence-corrected chi connectivity index (χ1v) is 4.72. The average Bonchev–Trinajstić information content (AvgIpc) is 2.01. The molecule has 0 rings (SSSR count). The van der Waals surface area contributed by atoms with E-state index in [4.69, 9.17) is 0 Å². The van der Waals surface area contributed by atoms with E-state index < -0.39 is 11.8 Å². The third-order valence-electron chi connectivity index (χ3n) is 2.48. The third-order valence-corrected chi connectivity index (χ3v) is 2.48. The molecule has 14 heavy (non-hydrogen) atoms. The van der Waals surface area contributed by atoms with Crippen LogP contribution in [0.2, 0.25) is 0 Å². The van der Waals surface area contributed by atoms with Crippen LogP contribution in [0.25, 0.3) is 0 Å². The van der Waals surface area contributed by atoms with E-state index in [-0.39, 0.29) is 11.5 Å². The van der Waals surface area contributed by atoms with Crippen molar-refractivity contribution < 1.29 is 9.59 Å². The Labute approximate surface area is 85.7 Å². The lowest BCUT2D eigenvalue weighted by molar-refractivity contribution is -0.145. The van der Waals surface area contributed by atoms with Crippen LogP contribution in [-0.2, 0) is 9.59 Å². The van der Waals surface area contributed by atoms with Gasteiger partial charge < -0.3 is 10.2 Å². The Bertz CT molecular complexity index is 232. The van der Waals surface area contributed by atoms with Gasteiger partial charge in [-0.25, -0.2) is 0 Å². The zero-order valence-corrected chi connectivity index (χ0v) is 9.84. The number of nitrogens with one attached hydrogen (secondary N) is 1. The number of hydrogen-bond acceptors (Lipinski definition) is 2. The minimum absolute atomic E-state index is 0.279. The molecule has 0 aliphatic rings. The monoisotopic (exact) mass is 200 g/mol. The topological polar surface area (TPSA) is 49.4 Å². The Morgan fingerprint density at radius 1 is 1.21 bits per heavy atom. The normalized spacial score (nSPS) is 11.4. The maximum atomic E-state index is 11.4. The molecule has 0 fully saturated rings. The predicted molar refractivity (Wildman–Crippen MR) is 55.8 cm³/mol. The van der Waals surface area contributed by atoms with Crippen LogP contribution in [0.4, 0.5) is 0 Å². The SMILES string of the molecule is CC(C)C(C)(C)NC(=O)C(=O)N(C)C. The van der Waals surface area contributed by atoms with Gasteiger partial charge in [0.2, 0.25) is 0 Å². The van der Waals surface area contributed by atoms with Crippen LogP contribution in [-0.4, -0.2) is 36.3 Å².